The number of ether oxygens (including phenoxy) is 2. The zero-order chi connectivity index (χ0) is 9.54. The van der Waals surface area contributed by atoms with Gasteiger partial charge in [0.25, 0.3) is 0 Å². The van der Waals surface area contributed by atoms with Gasteiger partial charge >= 0.3 is 0 Å². The fourth-order valence-corrected chi connectivity index (χ4v) is 1.58. The molecule has 1 aromatic heterocycles. The Balaban J connectivity index is 2.39. The maximum absolute atomic E-state index is 5.28. The smallest absolute Gasteiger partial charge is 0.231 e. The van der Waals surface area contributed by atoms with Crippen molar-refractivity contribution in [2.45, 2.75) is 6.92 Å². The minimum absolute atomic E-state index is 0.290. The molecule has 0 N–H and O–H groups in total. The number of hydrogen-bond donors (Lipinski definition) is 0. The fraction of sp³-hybridized carbons (Fsp3) is 0.200. The predicted molar refractivity (Wildman–Crippen MR) is 50.4 cm³/mol. The molecule has 0 bridgehead atoms. The molecule has 14 heavy (non-hydrogen) atoms. The lowest BCUT2D eigenvalue weighted by molar-refractivity contribution is 0.174. The zero-order valence-electron chi connectivity index (χ0n) is 7.65. The van der Waals surface area contributed by atoms with E-state index in [0.717, 1.165) is 28.1 Å². The molecule has 0 unspecified atom stereocenters. The molecule has 1 aliphatic rings. The second kappa shape index (κ2) is 2.57. The van der Waals surface area contributed by atoms with Gasteiger partial charge in [-0.15, -0.1) is 0 Å². The van der Waals surface area contributed by atoms with Gasteiger partial charge < -0.3 is 9.47 Å². The zero-order valence-corrected chi connectivity index (χ0v) is 7.65. The molecule has 70 valence electrons. The molecule has 2 aromatic rings. The van der Waals surface area contributed by atoms with E-state index in [-0.39, 0.29) is 6.79 Å². The van der Waals surface area contributed by atoms with Gasteiger partial charge in [0.15, 0.2) is 11.5 Å². The quantitative estimate of drug-likeness (QED) is 0.630. The Hall–Kier alpha value is -1.84. The molecule has 0 atom stereocenters. The standard InChI is InChI=1S/C10H8N2O2/c1-6-7-2-9-10(14-5-13-9)3-8(7)12-4-11-6/h2-4H,5H2,1H3. The average molecular weight is 188 g/mol. The summed E-state index contributed by atoms with van der Waals surface area (Å²) in [5, 5.41) is 1.01. The fourth-order valence-electron chi connectivity index (χ4n) is 1.58. The highest BCUT2D eigenvalue weighted by atomic mass is 16.7. The molecule has 4 heteroatoms. The van der Waals surface area contributed by atoms with Crippen molar-refractivity contribution in [1.82, 2.24) is 9.97 Å². The van der Waals surface area contributed by atoms with E-state index >= 15 is 0 Å². The molecule has 4 nitrogen and oxygen atoms in total. The van der Waals surface area contributed by atoms with Crippen molar-refractivity contribution in [3.05, 3.63) is 24.2 Å². The van der Waals surface area contributed by atoms with Crippen molar-refractivity contribution in [2.75, 3.05) is 6.79 Å². The number of benzene rings is 1. The van der Waals surface area contributed by atoms with E-state index in [1.54, 1.807) is 6.33 Å². The van der Waals surface area contributed by atoms with E-state index in [9.17, 15) is 0 Å². The van der Waals surface area contributed by atoms with Crippen LogP contribution in [0.5, 0.6) is 11.5 Å². The van der Waals surface area contributed by atoms with Crippen LogP contribution in [0, 0.1) is 6.92 Å². The number of fused-ring (bicyclic) bond motifs is 2. The Morgan fingerprint density at radius 1 is 1.14 bits per heavy atom. The van der Waals surface area contributed by atoms with E-state index in [1.807, 2.05) is 19.1 Å². The molecule has 0 saturated heterocycles. The van der Waals surface area contributed by atoms with Crippen molar-refractivity contribution in [3.8, 4) is 11.5 Å². The maximum Gasteiger partial charge on any atom is 0.231 e. The molecule has 2 heterocycles. The summed E-state index contributed by atoms with van der Waals surface area (Å²) in [6, 6.07) is 3.80. The normalized spacial score (nSPS) is 13.5. The Kier molecular flexibility index (Phi) is 1.39. The highest BCUT2D eigenvalue weighted by molar-refractivity contribution is 5.84. The predicted octanol–water partition coefficient (Wildman–Crippen LogP) is 1.67. The van der Waals surface area contributed by atoms with Gasteiger partial charge in [0.1, 0.15) is 6.33 Å². The van der Waals surface area contributed by atoms with Crippen LogP contribution >= 0.6 is 0 Å². The topological polar surface area (TPSA) is 44.2 Å². The van der Waals surface area contributed by atoms with Gasteiger partial charge in [-0.1, -0.05) is 0 Å². The summed E-state index contributed by atoms with van der Waals surface area (Å²) in [7, 11) is 0. The third-order valence-electron chi connectivity index (χ3n) is 2.33. The van der Waals surface area contributed by atoms with E-state index in [1.165, 1.54) is 0 Å². The molecule has 1 aromatic carbocycles. The second-order valence-electron chi connectivity index (χ2n) is 3.18. The Bertz CT molecular complexity index is 511. The first-order chi connectivity index (χ1) is 6.84. The molecule has 1 aliphatic heterocycles. The SMILES string of the molecule is Cc1ncnc2cc3c(cc12)OCO3. The van der Waals surface area contributed by atoms with E-state index in [4.69, 9.17) is 9.47 Å². The molecular formula is C10H8N2O2. The third-order valence-corrected chi connectivity index (χ3v) is 2.33. The van der Waals surface area contributed by atoms with Crippen molar-refractivity contribution in [2.24, 2.45) is 0 Å². The summed E-state index contributed by atoms with van der Waals surface area (Å²) in [6.45, 7) is 2.24. The highest BCUT2D eigenvalue weighted by Gasteiger charge is 2.15. The van der Waals surface area contributed by atoms with Gasteiger partial charge in [-0.2, -0.15) is 0 Å². The highest BCUT2D eigenvalue weighted by Crippen LogP contribution is 2.35. The molecule has 0 spiro atoms. The van der Waals surface area contributed by atoms with Gasteiger partial charge in [-0.25, -0.2) is 9.97 Å². The van der Waals surface area contributed by atoms with E-state index in [0.29, 0.717) is 0 Å². The van der Waals surface area contributed by atoms with Gasteiger partial charge in [0.05, 0.1) is 5.52 Å². The summed E-state index contributed by atoms with van der Waals surface area (Å²) in [4.78, 5) is 8.30. The third kappa shape index (κ3) is 0.937. The van der Waals surface area contributed by atoms with Crippen molar-refractivity contribution < 1.29 is 9.47 Å². The lowest BCUT2D eigenvalue weighted by atomic mass is 10.2. The Labute approximate surface area is 80.5 Å². The van der Waals surface area contributed by atoms with Crippen LogP contribution in [0.2, 0.25) is 0 Å². The first-order valence-electron chi connectivity index (χ1n) is 4.35. The summed E-state index contributed by atoms with van der Waals surface area (Å²) in [6.07, 6.45) is 1.56. The molecule has 0 amide bonds. The number of aryl methyl sites for hydroxylation is 1. The largest absolute Gasteiger partial charge is 0.454 e. The molecule has 0 saturated carbocycles. The van der Waals surface area contributed by atoms with Crippen molar-refractivity contribution in [1.29, 1.82) is 0 Å². The van der Waals surface area contributed by atoms with Gasteiger partial charge in [0.2, 0.25) is 6.79 Å². The van der Waals surface area contributed by atoms with Crippen molar-refractivity contribution >= 4 is 10.9 Å². The molecule has 0 fully saturated rings. The van der Waals surface area contributed by atoms with Crippen molar-refractivity contribution in [3.63, 3.8) is 0 Å². The summed E-state index contributed by atoms with van der Waals surface area (Å²) < 4.78 is 10.5. The minimum Gasteiger partial charge on any atom is -0.454 e. The molecule has 0 radical (unpaired) electrons. The van der Waals surface area contributed by atoms with Gasteiger partial charge in [0, 0.05) is 17.1 Å². The van der Waals surface area contributed by atoms with Crippen LogP contribution in [0.3, 0.4) is 0 Å². The number of hydrogen-bond acceptors (Lipinski definition) is 4. The van der Waals surface area contributed by atoms with Gasteiger partial charge in [-0.05, 0) is 13.0 Å². The molecule has 3 rings (SSSR count). The lowest BCUT2D eigenvalue weighted by Crippen LogP contribution is -1.92. The van der Waals surface area contributed by atoms with Crippen LogP contribution in [0.4, 0.5) is 0 Å². The summed E-state index contributed by atoms with van der Waals surface area (Å²) in [5.74, 6) is 1.53. The maximum atomic E-state index is 5.28. The Morgan fingerprint density at radius 2 is 1.93 bits per heavy atom. The van der Waals surface area contributed by atoms with Crippen LogP contribution in [-0.2, 0) is 0 Å². The van der Waals surface area contributed by atoms with E-state index < -0.39 is 0 Å². The first-order valence-corrected chi connectivity index (χ1v) is 4.35. The summed E-state index contributed by atoms with van der Waals surface area (Å²) >= 11 is 0. The molecule has 0 aliphatic carbocycles. The van der Waals surface area contributed by atoms with Crippen LogP contribution < -0.4 is 9.47 Å². The average Bonchev–Trinajstić information content (AvgIpc) is 2.62. The van der Waals surface area contributed by atoms with Crippen LogP contribution in [0.25, 0.3) is 10.9 Å². The monoisotopic (exact) mass is 188 g/mol. The first kappa shape index (κ1) is 7.55. The van der Waals surface area contributed by atoms with Crippen LogP contribution in [-0.4, -0.2) is 16.8 Å². The number of aromatic nitrogens is 2. The number of rotatable bonds is 0. The van der Waals surface area contributed by atoms with Gasteiger partial charge in [-0.3, -0.25) is 0 Å². The lowest BCUT2D eigenvalue weighted by Gasteiger charge is -2.01. The van der Waals surface area contributed by atoms with Crippen LogP contribution in [0.15, 0.2) is 18.5 Å². The van der Waals surface area contributed by atoms with E-state index in [2.05, 4.69) is 9.97 Å². The molecular weight excluding hydrogens is 180 g/mol. The summed E-state index contributed by atoms with van der Waals surface area (Å²) in [5.41, 5.74) is 1.84. The Morgan fingerprint density at radius 3 is 2.79 bits per heavy atom. The second-order valence-corrected chi connectivity index (χ2v) is 3.18. The minimum atomic E-state index is 0.290. The van der Waals surface area contributed by atoms with Crippen LogP contribution in [0.1, 0.15) is 5.69 Å². The number of nitrogens with zero attached hydrogens (tertiary/aromatic N) is 2.